The van der Waals surface area contributed by atoms with Crippen LogP contribution in [0, 0.1) is 3.57 Å². The molecule has 0 spiro atoms. The highest BCUT2D eigenvalue weighted by Gasteiger charge is 2.49. The Morgan fingerprint density at radius 2 is 1.94 bits per heavy atom. The first-order valence-corrected chi connectivity index (χ1v) is 10.5. The molecule has 0 radical (unpaired) electrons. The molecule has 2 fully saturated rings. The number of nitrogens with one attached hydrogen (secondary N) is 1. The molecule has 1 unspecified atom stereocenters. The van der Waals surface area contributed by atoms with Gasteiger partial charge in [0.2, 0.25) is 5.78 Å². The van der Waals surface area contributed by atoms with Crippen molar-refractivity contribution in [2.24, 2.45) is 5.73 Å². The first kappa shape index (κ1) is 24.0. The Labute approximate surface area is 191 Å². The number of Topliss-reactive ketones (excluding diaryl/α,β-unsaturated/α-hetero) is 1. The summed E-state index contributed by atoms with van der Waals surface area (Å²) in [6.45, 7) is 1.54. The van der Waals surface area contributed by atoms with Gasteiger partial charge in [-0.15, -0.1) is 0 Å². The summed E-state index contributed by atoms with van der Waals surface area (Å²) in [7, 11) is 0. The van der Waals surface area contributed by atoms with Gasteiger partial charge in [0.05, 0.1) is 19.8 Å². The third-order valence-electron chi connectivity index (χ3n) is 4.87. The summed E-state index contributed by atoms with van der Waals surface area (Å²) in [5.74, 6) is -0.493. The number of hydrogen-bond acceptors (Lipinski definition) is 9. The first-order chi connectivity index (χ1) is 14.8. The second kappa shape index (κ2) is 10.3. The van der Waals surface area contributed by atoms with Crippen molar-refractivity contribution >= 4 is 34.4 Å². The summed E-state index contributed by atoms with van der Waals surface area (Å²) in [6.07, 6.45) is -2.48. The lowest BCUT2D eigenvalue weighted by Gasteiger charge is -2.36. The number of rotatable bonds is 4. The molecule has 5 atom stereocenters. The average molecular weight is 549 g/mol. The van der Waals surface area contributed by atoms with Crippen LogP contribution in [0.2, 0.25) is 0 Å². The van der Waals surface area contributed by atoms with E-state index in [1.165, 1.54) is 12.3 Å². The van der Waals surface area contributed by atoms with Gasteiger partial charge in [-0.2, -0.15) is 0 Å². The van der Waals surface area contributed by atoms with E-state index in [0.29, 0.717) is 15.9 Å². The smallest absolute Gasteiger partial charge is 0.325 e. The molecule has 0 bridgehead atoms. The number of nitrogens with two attached hydrogens (primary N) is 1. The molecule has 3 aliphatic rings. The normalized spacial score (nSPS) is 32.4. The van der Waals surface area contributed by atoms with Crippen molar-refractivity contribution in [1.29, 1.82) is 0 Å². The fourth-order valence-corrected chi connectivity index (χ4v) is 3.79. The highest BCUT2D eigenvalue weighted by Crippen LogP contribution is 2.27. The topological polar surface area (TPSA) is 164 Å². The maximum absolute atomic E-state index is 12.8. The molecule has 3 heterocycles. The molecule has 6 N–H and O–H groups in total. The zero-order valence-electron chi connectivity index (χ0n) is 16.4. The van der Waals surface area contributed by atoms with E-state index < -0.39 is 48.6 Å². The van der Waals surface area contributed by atoms with Crippen molar-refractivity contribution in [3.05, 3.63) is 45.7 Å². The van der Waals surface area contributed by atoms with Crippen LogP contribution in [0.4, 0.5) is 4.79 Å². The molecule has 2 saturated heterocycles. The van der Waals surface area contributed by atoms with Gasteiger partial charge in [0.1, 0.15) is 25.1 Å². The zero-order chi connectivity index (χ0) is 22.6. The molecule has 170 valence electrons. The number of amides is 2. The van der Waals surface area contributed by atoms with Gasteiger partial charge in [-0.25, -0.2) is 4.79 Å². The Kier molecular flexibility index (Phi) is 7.98. The van der Waals surface area contributed by atoms with Crippen molar-refractivity contribution in [2.45, 2.75) is 30.2 Å². The third-order valence-corrected chi connectivity index (χ3v) is 5.81. The second-order valence-electron chi connectivity index (χ2n) is 6.99. The Hall–Kier alpha value is -1.65. The number of nitrogens with zero attached hydrogens (tertiary/aromatic N) is 1. The Balaban J connectivity index is 0.000000478. The lowest BCUT2D eigenvalue weighted by atomic mass is 9.97. The Bertz CT molecular complexity index is 829. The Morgan fingerprint density at radius 1 is 1.26 bits per heavy atom. The molecule has 0 aromatic heterocycles. The van der Waals surface area contributed by atoms with E-state index in [9.17, 15) is 19.8 Å². The number of ketones is 1. The van der Waals surface area contributed by atoms with Crippen LogP contribution >= 0.6 is 22.6 Å². The number of urea groups is 1. The Morgan fingerprint density at radius 3 is 2.45 bits per heavy atom. The average Bonchev–Trinajstić information content (AvgIpc) is 3.42. The van der Waals surface area contributed by atoms with E-state index >= 15 is 0 Å². The standard InChI is InChI=1S/C16H18IN3O6.C3H6O2/c17-9-4-2-1-3-8(9)13(24)16(18)5-6-20(15(25)19-16)14-12(23)11(22)10(7-21)26-14;1-2-5-3-4-1/h1-6,10-12,14,21-23H,7,18H2,(H,19,25);1-3H2/t10-,11-,12-,14-,16?;/m1./s1. The lowest BCUT2D eigenvalue weighted by molar-refractivity contribution is -0.0666. The molecule has 3 aliphatic heterocycles. The van der Waals surface area contributed by atoms with Crippen LogP contribution in [0.3, 0.4) is 0 Å². The highest BCUT2D eigenvalue weighted by atomic mass is 127. The van der Waals surface area contributed by atoms with Crippen molar-refractivity contribution in [2.75, 3.05) is 26.6 Å². The minimum atomic E-state index is -1.76. The van der Waals surface area contributed by atoms with E-state index in [0.717, 1.165) is 18.1 Å². The number of aliphatic hydroxyl groups excluding tert-OH is 3. The van der Waals surface area contributed by atoms with E-state index in [-0.39, 0.29) is 0 Å². The molecule has 4 rings (SSSR count). The summed E-state index contributed by atoms with van der Waals surface area (Å²) in [5, 5.41) is 31.4. The van der Waals surface area contributed by atoms with E-state index in [4.69, 9.17) is 25.1 Å². The molecule has 31 heavy (non-hydrogen) atoms. The van der Waals surface area contributed by atoms with E-state index in [1.807, 2.05) is 22.6 Å². The highest BCUT2D eigenvalue weighted by molar-refractivity contribution is 14.1. The van der Waals surface area contributed by atoms with Crippen molar-refractivity contribution in [3.63, 3.8) is 0 Å². The maximum atomic E-state index is 12.8. The van der Waals surface area contributed by atoms with Gasteiger partial charge < -0.3 is 34.8 Å². The monoisotopic (exact) mass is 549 g/mol. The van der Waals surface area contributed by atoms with Crippen LogP contribution in [0.1, 0.15) is 10.4 Å². The molecule has 2 amide bonds. The SMILES string of the molecule is C1COCO1.NC1(C(=O)c2ccccc2I)C=CN([C@@H]2O[C@H](CO)[C@@H](O)[C@H]2O)C(=O)N1. The predicted octanol–water partition coefficient (Wildman–Crippen LogP) is -0.902. The third kappa shape index (κ3) is 5.23. The quantitative estimate of drug-likeness (QED) is 0.237. The summed E-state index contributed by atoms with van der Waals surface area (Å²) in [5.41, 5.74) is 4.69. The maximum Gasteiger partial charge on any atom is 0.325 e. The molecule has 0 aliphatic carbocycles. The van der Waals surface area contributed by atoms with Crippen molar-refractivity contribution in [1.82, 2.24) is 10.2 Å². The number of halogens is 1. The van der Waals surface area contributed by atoms with Gasteiger partial charge in [0.15, 0.2) is 11.9 Å². The van der Waals surface area contributed by atoms with Gasteiger partial charge in [-0.1, -0.05) is 18.2 Å². The molecule has 11 nitrogen and oxygen atoms in total. The van der Waals surface area contributed by atoms with E-state index in [1.54, 1.807) is 24.3 Å². The number of carbonyl (C=O) groups excluding carboxylic acids is 2. The summed E-state index contributed by atoms with van der Waals surface area (Å²) in [4.78, 5) is 26.2. The molecular formula is C19H24IN3O8. The summed E-state index contributed by atoms with van der Waals surface area (Å²) in [6, 6.07) is 6.05. The van der Waals surface area contributed by atoms with Gasteiger partial charge >= 0.3 is 6.03 Å². The molecule has 1 aromatic rings. The van der Waals surface area contributed by atoms with Crippen LogP contribution in [0.15, 0.2) is 36.5 Å². The molecule has 12 heteroatoms. The van der Waals surface area contributed by atoms with Crippen LogP contribution in [-0.4, -0.2) is 88.9 Å². The van der Waals surface area contributed by atoms with Crippen LogP contribution in [0.25, 0.3) is 0 Å². The summed E-state index contributed by atoms with van der Waals surface area (Å²) >= 11 is 2.00. The number of carbonyl (C=O) groups is 2. The van der Waals surface area contributed by atoms with Crippen LogP contribution in [-0.2, 0) is 14.2 Å². The fourth-order valence-electron chi connectivity index (χ4n) is 3.15. The van der Waals surface area contributed by atoms with Crippen LogP contribution < -0.4 is 11.1 Å². The number of aliphatic hydroxyl groups is 3. The number of ether oxygens (including phenoxy) is 3. The fraction of sp³-hybridized carbons (Fsp3) is 0.474. The number of hydrogen-bond donors (Lipinski definition) is 5. The minimum Gasteiger partial charge on any atom is -0.394 e. The second-order valence-corrected chi connectivity index (χ2v) is 8.16. The van der Waals surface area contributed by atoms with Crippen molar-refractivity contribution in [3.8, 4) is 0 Å². The molecule has 0 saturated carbocycles. The number of benzene rings is 1. The molecular weight excluding hydrogens is 525 g/mol. The van der Waals surface area contributed by atoms with E-state index in [2.05, 4.69) is 5.32 Å². The van der Waals surface area contributed by atoms with Gasteiger partial charge in [-0.3, -0.25) is 15.4 Å². The summed E-state index contributed by atoms with van der Waals surface area (Å²) < 4.78 is 15.4. The first-order valence-electron chi connectivity index (χ1n) is 9.44. The predicted molar refractivity (Wildman–Crippen MR) is 114 cm³/mol. The van der Waals surface area contributed by atoms with Crippen LogP contribution in [0.5, 0.6) is 0 Å². The van der Waals surface area contributed by atoms with Gasteiger partial charge in [0.25, 0.3) is 0 Å². The zero-order valence-corrected chi connectivity index (χ0v) is 18.5. The lowest BCUT2D eigenvalue weighted by Crippen LogP contribution is -2.66. The minimum absolute atomic E-state index is 0.363. The van der Waals surface area contributed by atoms with Gasteiger partial charge in [-0.05, 0) is 34.7 Å². The molecule has 1 aromatic carbocycles. The van der Waals surface area contributed by atoms with Gasteiger partial charge in [0, 0.05) is 15.3 Å². The van der Waals surface area contributed by atoms with Crippen molar-refractivity contribution < 1.29 is 39.1 Å². The largest absolute Gasteiger partial charge is 0.394 e.